The van der Waals surface area contributed by atoms with E-state index in [9.17, 15) is 18.8 Å². The smallest absolute Gasteiger partial charge is 0.335 e. The summed E-state index contributed by atoms with van der Waals surface area (Å²) in [5.41, 5.74) is 0.153. The maximum Gasteiger partial charge on any atom is 0.335 e. The van der Waals surface area contributed by atoms with Crippen molar-refractivity contribution in [2.24, 2.45) is 0 Å². The number of nitrogens with one attached hydrogen (secondary N) is 1. The van der Waals surface area contributed by atoms with Gasteiger partial charge >= 0.3 is 6.03 Å². The van der Waals surface area contributed by atoms with Gasteiger partial charge in [0.15, 0.2) is 11.5 Å². The monoisotopic (exact) mass is 412 g/mol. The van der Waals surface area contributed by atoms with Gasteiger partial charge in [-0.1, -0.05) is 25.1 Å². The summed E-state index contributed by atoms with van der Waals surface area (Å²) in [5.74, 6) is -1.53. The Morgan fingerprint density at radius 2 is 1.90 bits per heavy atom. The lowest BCUT2D eigenvalue weighted by Gasteiger charge is -2.26. The van der Waals surface area contributed by atoms with Crippen LogP contribution in [0, 0.1) is 5.82 Å². The molecule has 0 radical (unpaired) electrons. The molecule has 0 aliphatic carbocycles. The molecule has 1 aliphatic rings. The van der Waals surface area contributed by atoms with Crippen LogP contribution in [0.15, 0.2) is 48.0 Å². The van der Waals surface area contributed by atoms with Crippen LogP contribution < -0.4 is 19.7 Å². The Morgan fingerprint density at radius 1 is 1.17 bits per heavy atom. The highest BCUT2D eigenvalue weighted by Crippen LogP contribution is 2.34. The molecule has 8 heteroatoms. The molecule has 1 fully saturated rings. The molecule has 1 N–H and O–H groups in total. The Morgan fingerprint density at radius 3 is 2.57 bits per heavy atom. The van der Waals surface area contributed by atoms with E-state index in [2.05, 4.69) is 5.32 Å². The number of hydrogen-bond acceptors (Lipinski definition) is 5. The summed E-state index contributed by atoms with van der Waals surface area (Å²) in [6.45, 7) is 3.84. The second kappa shape index (κ2) is 8.77. The molecule has 30 heavy (non-hydrogen) atoms. The molecular formula is C22H21FN2O5. The summed E-state index contributed by atoms with van der Waals surface area (Å²) in [6.07, 6.45) is 1.92. The van der Waals surface area contributed by atoms with Gasteiger partial charge in [-0.25, -0.2) is 14.1 Å². The second-order valence-electron chi connectivity index (χ2n) is 6.65. The number of rotatable bonds is 6. The van der Waals surface area contributed by atoms with Crippen molar-refractivity contribution in [1.82, 2.24) is 5.32 Å². The lowest BCUT2D eigenvalue weighted by Crippen LogP contribution is -2.54. The molecule has 2 aromatic carbocycles. The summed E-state index contributed by atoms with van der Waals surface area (Å²) in [4.78, 5) is 38.4. The zero-order chi connectivity index (χ0) is 21.8. The molecule has 7 nitrogen and oxygen atoms in total. The van der Waals surface area contributed by atoms with Crippen molar-refractivity contribution < 1.29 is 28.2 Å². The zero-order valence-electron chi connectivity index (χ0n) is 16.8. The molecule has 2 aromatic rings. The Balaban J connectivity index is 2.07. The predicted octanol–water partition coefficient (Wildman–Crippen LogP) is 3.68. The third kappa shape index (κ3) is 4.17. The molecule has 0 spiro atoms. The minimum Gasteiger partial charge on any atom is -0.493 e. The van der Waals surface area contributed by atoms with Crippen LogP contribution in [0.3, 0.4) is 0 Å². The highest BCUT2D eigenvalue weighted by Gasteiger charge is 2.37. The Kier molecular flexibility index (Phi) is 6.15. The normalized spacial score (nSPS) is 16.5. The lowest BCUT2D eigenvalue weighted by atomic mass is 10.1. The molecule has 1 aliphatic heterocycles. The van der Waals surface area contributed by atoms with Crippen molar-refractivity contribution in [3.05, 3.63) is 59.4 Å². The van der Waals surface area contributed by atoms with Gasteiger partial charge in [0.05, 0.1) is 18.9 Å². The lowest BCUT2D eigenvalue weighted by molar-refractivity contribution is -0.122. The molecule has 1 saturated heterocycles. The molecule has 1 atom stereocenters. The fourth-order valence-electron chi connectivity index (χ4n) is 2.88. The van der Waals surface area contributed by atoms with Gasteiger partial charge in [0.1, 0.15) is 11.4 Å². The van der Waals surface area contributed by atoms with E-state index < -0.39 is 23.7 Å². The first kappa shape index (κ1) is 21.0. The molecule has 0 saturated carbocycles. The van der Waals surface area contributed by atoms with Gasteiger partial charge in [-0.3, -0.25) is 14.9 Å². The zero-order valence-corrected chi connectivity index (χ0v) is 16.8. The van der Waals surface area contributed by atoms with Crippen LogP contribution in [-0.4, -0.2) is 31.1 Å². The van der Waals surface area contributed by atoms with Gasteiger partial charge in [0, 0.05) is 5.56 Å². The van der Waals surface area contributed by atoms with Crippen LogP contribution in [0.5, 0.6) is 11.5 Å². The summed E-state index contributed by atoms with van der Waals surface area (Å²) >= 11 is 0. The van der Waals surface area contributed by atoms with Gasteiger partial charge < -0.3 is 9.47 Å². The maximum absolute atomic E-state index is 13.6. The molecule has 0 bridgehead atoms. The number of anilines is 1. The number of amides is 4. The summed E-state index contributed by atoms with van der Waals surface area (Å²) in [7, 11) is 1.48. The van der Waals surface area contributed by atoms with E-state index in [1.54, 1.807) is 18.2 Å². The van der Waals surface area contributed by atoms with E-state index in [4.69, 9.17) is 9.47 Å². The molecular weight excluding hydrogens is 391 g/mol. The van der Waals surface area contributed by atoms with Gasteiger partial charge in [0.25, 0.3) is 11.8 Å². The van der Waals surface area contributed by atoms with Crippen molar-refractivity contribution in [2.75, 3.05) is 12.0 Å². The fourth-order valence-corrected chi connectivity index (χ4v) is 2.88. The van der Waals surface area contributed by atoms with Crippen LogP contribution in [0.4, 0.5) is 14.9 Å². The van der Waals surface area contributed by atoms with E-state index in [1.807, 2.05) is 13.8 Å². The number of ether oxygens (including phenoxy) is 2. The maximum atomic E-state index is 13.6. The Labute approximate surface area is 173 Å². The van der Waals surface area contributed by atoms with Gasteiger partial charge in [-0.2, -0.15) is 0 Å². The van der Waals surface area contributed by atoms with Crippen LogP contribution in [0.2, 0.25) is 0 Å². The van der Waals surface area contributed by atoms with Crippen molar-refractivity contribution in [3.8, 4) is 11.5 Å². The molecule has 3 rings (SSSR count). The first-order valence-electron chi connectivity index (χ1n) is 9.36. The van der Waals surface area contributed by atoms with E-state index >= 15 is 0 Å². The standard InChI is InChI=1S/C22H21FN2O5/c1-4-13(2)30-19-14(7-5-10-18(19)29-3)11-17-20(26)24-22(28)25(21(17)27)16-9-6-8-15(23)12-16/h5-13H,4H2,1-3H3,(H,24,26,28)/b17-11+/t13-/m0/s1. The molecule has 0 aromatic heterocycles. The van der Waals surface area contributed by atoms with Gasteiger partial charge in [0.2, 0.25) is 0 Å². The minimum atomic E-state index is -0.950. The Bertz CT molecular complexity index is 1030. The SMILES string of the molecule is CC[C@H](C)Oc1c(/C=C2\C(=O)NC(=O)N(c3cccc(F)c3)C2=O)cccc1OC. The number of imide groups is 2. The van der Waals surface area contributed by atoms with Crippen molar-refractivity contribution in [2.45, 2.75) is 26.4 Å². The second-order valence-corrected chi connectivity index (χ2v) is 6.65. The highest BCUT2D eigenvalue weighted by molar-refractivity contribution is 6.39. The largest absolute Gasteiger partial charge is 0.493 e. The van der Waals surface area contributed by atoms with E-state index in [0.717, 1.165) is 12.5 Å². The molecule has 1 heterocycles. The molecule has 0 unspecified atom stereocenters. The first-order valence-corrected chi connectivity index (χ1v) is 9.36. The van der Waals surface area contributed by atoms with Gasteiger partial charge in [-0.15, -0.1) is 0 Å². The van der Waals surface area contributed by atoms with E-state index in [0.29, 0.717) is 22.0 Å². The number of methoxy groups -OCH3 is 1. The van der Waals surface area contributed by atoms with Gasteiger partial charge in [-0.05, 0) is 43.7 Å². The topological polar surface area (TPSA) is 84.9 Å². The number of carbonyl (C=O) groups is 3. The van der Waals surface area contributed by atoms with Crippen molar-refractivity contribution in [1.29, 1.82) is 0 Å². The molecule has 156 valence electrons. The number of urea groups is 1. The van der Waals surface area contributed by atoms with E-state index in [1.165, 1.54) is 31.4 Å². The van der Waals surface area contributed by atoms with E-state index in [-0.39, 0.29) is 17.4 Å². The van der Waals surface area contributed by atoms with Crippen LogP contribution in [0.1, 0.15) is 25.8 Å². The minimum absolute atomic E-state index is 0.0117. The van der Waals surface area contributed by atoms with Crippen LogP contribution in [-0.2, 0) is 9.59 Å². The van der Waals surface area contributed by atoms with Crippen LogP contribution in [0.25, 0.3) is 6.08 Å². The van der Waals surface area contributed by atoms with Crippen molar-refractivity contribution in [3.63, 3.8) is 0 Å². The number of barbiturate groups is 1. The summed E-state index contributed by atoms with van der Waals surface area (Å²) < 4.78 is 24.9. The third-order valence-electron chi connectivity index (χ3n) is 4.59. The summed E-state index contributed by atoms with van der Waals surface area (Å²) in [6, 6.07) is 9.09. The fraction of sp³-hybridized carbons (Fsp3) is 0.227. The highest BCUT2D eigenvalue weighted by atomic mass is 19.1. The average molecular weight is 412 g/mol. The quantitative estimate of drug-likeness (QED) is 0.578. The van der Waals surface area contributed by atoms with Crippen LogP contribution >= 0.6 is 0 Å². The number of halogens is 1. The van der Waals surface area contributed by atoms with Crippen molar-refractivity contribution >= 4 is 29.6 Å². The molecule has 4 amide bonds. The third-order valence-corrected chi connectivity index (χ3v) is 4.59. The number of hydrogen-bond donors (Lipinski definition) is 1. The average Bonchev–Trinajstić information content (AvgIpc) is 2.71. The predicted molar refractivity (Wildman–Crippen MR) is 109 cm³/mol. The number of benzene rings is 2. The summed E-state index contributed by atoms with van der Waals surface area (Å²) in [5, 5.41) is 2.11. The number of nitrogens with zero attached hydrogens (tertiary/aromatic N) is 1. The Hall–Kier alpha value is -3.68. The number of para-hydroxylation sites is 1. The number of carbonyl (C=O) groups excluding carboxylic acids is 3. The first-order chi connectivity index (χ1) is 14.3.